The number of carboxylic acids is 2. The molecule has 1 fully saturated rings. The highest BCUT2D eigenvalue weighted by Gasteiger charge is 2.63. The second-order valence-electron chi connectivity index (χ2n) is 4.81. The summed E-state index contributed by atoms with van der Waals surface area (Å²) in [5, 5.41) is 17.8. The number of anilines is 1. The zero-order valence-electron chi connectivity index (χ0n) is 10.9. The Labute approximate surface area is 119 Å². The first-order chi connectivity index (χ1) is 9.93. The number of hydrogen-bond donors (Lipinski definition) is 5. The molecule has 2 rings (SSSR count). The van der Waals surface area contributed by atoms with Gasteiger partial charge in [-0.1, -0.05) is 18.2 Å². The summed E-state index contributed by atoms with van der Waals surface area (Å²) in [5.41, 5.74) is 11.0. The molecule has 8 nitrogen and oxygen atoms in total. The predicted molar refractivity (Wildman–Crippen MR) is 71.9 cm³/mol. The van der Waals surface area contributed by atoms with Crippen molar-refractivity contribution in [3.05, 3.63) is 30.3 Å². The van der Waals surface area contributed by atoms with Crippen LogP contribution in [0.4, 0.5) is 5.69 Å². The molecule has 0 aromatic heterocycles. The third kappa shape index (κ3) is 3.11. The number of carboxylic acid groups (broad SMARTS) is 2. The summed E-state index contributed by atoms with van der Waals surface area (Å²) in [5.74, 6) is -6.07. The van der Waals surface area contributed by atoms with E-state index in [2.05, 4.69) is 10.9 Å². The van der Waals surface area contributed by atoms with E-state index in [0.717, 1.165) is 0 Å². The third-order valence-corrected chi connectivity index (χ3v) is 3.47. The van der Waals surface area contributed by atoms with Gasteiger partial charge in [-0.15, -0.1) is 0 Å². The number of hydrogen-bond acceptors (Lipinski definition) is 5. The number of carbonyl (C=O) groups is 3. The lowest BCUT2D eigenvalue weighted by atomic mass is 10.1. The Hall–Kier alpha value is -2.61. The van der Waals surface area contributed by atoms with E-state index < -0.39 is 41.6 Å². The van der Waals surface area contributed by atoms with Crippen LogP contribution in [0.1, 0.15) is 0 Å². The molecule has 4 atom stereocenters. The standard InChI is InChI=1S/C13H15N3O5/c14-10(13(20)21)7-8(9(7)12(18)19)11(17)16-15-6-4-2-1-3-5-6/h1-5,7-10,15H,14H2,(H,16,17)(H,18,19)(H,20,21)/t7-,8+,9+,10-/m0/s1. The van der Waals surface area contributed by atoms with Crippen molar-refractivity contribution >= 4 is 23.5 Å². The smallest absolute Gasteiger partial charge is 0.320 e. The van der Waals surface area contributed by atoms with Gasteiger partial charge in [-0.25, -0.2) is 0 Å². The van der Waals surface area contributed by atoms with E-state index in [9.17, 15) is 14.4 Å². The second-order valence-corrected chi connectivity index (χ2v) is 4.81. The number of benzene rings is 1. The van der Waals surface area contributed by atoms with Gasteiger partial charge in [-0.2, -0.15) is 0 Å². The molecule has 1 saturated carbocycles. The number of nitrogens with two attached hydrogens (primary N) is 1. The van der Waals surface area contributed by atoms with Crippen molar-refractivity contribution in [3.63, 3.8) is 0 Å². The molecule has 0 saturated heterocycles. The van der Waals surface area contributed by atoms with Crippen LogP contribution < -0.4 is 16.6 Å². The number of rotatable bonds is 6. The molecule has 1 aliphatic rings. The summed E-state index contributed by atoms with van der Waals surface area (Å²) in [7, 11) is 0. The van der Waals surface area contributed by atoms with Gasteiger partial charge in [-0.3, -0.25) is 25.2 Å². The highest BCUT2D eigenvalue weighted by Crippen LogP contribution is 2.48. The maximum Gasteiger partial charge on any atom is 0.320 e. The molecule has 1 amide bonds. The van der Waals surface area contributed by atoms with Gasteiger partial charge in [0, 0.05) is 5.92 Å². The molecule has 8 heteroatoms. The fourth-order valence-electron chi connectivity index (χ4n) is 2.34. The monoisotopic (exact) mass is 293 g/mol. The minimum Gasteiger partial charge on any atom is -0.481 e. The lowest BCUT2D eigenvalue weighted by Crippen LogP contribution is -2.36. The molecule has 0 spiro atoms. The zero-order chi connectivity index (χ0) is 15.6. The zero-order valence-corrected chi connectivity index (χ0v) is 10.9. The van der Waals surface area contributed by atoms with Crippen LogP contribution in [0.5, 0.6) is 0 Å². The Morgan fingerprint density at radius 1 is 1.10 bits per heavy atom. The molecule has 0 radical (unpaired) electrons. The Balaban J connectivity index is 1.98. The molecule has 21 heavy (non-hydrogen) atoms. The summed E-state index contributed by atoms with van der Waals surface area (Å²) in [4.78, 5) is 33.8. The van der Waals surface area contributed by atoms with Crippen molar-refractivity contribution < 1.29 is 24.6 Å². The largest absolute Gasteiger partial charge is 0.481 e. The number of para-hydroxylation sites is 1. The maximum atomic E-state index is 11.9. The fourth-order valence-corrected chi connectivity index (χ4v) is 2.34. The molecule has 1 aliphatic carbocycles. The van der Waals surface area contributed by atoms with Gasteiger partial charge in [-0.05, 0) is 12.1 Å². The van der Waals surface area contributed by atoms with Crippen molar-refractivity contribution in [1.82, 2.24) is 5.43 Å². The van der Waals surface area contributed by atoms with Crippen LogP contribution >= 0.6 is 0 Å². The lowest BCUT2D eigenvalue weighted by molar-refractivity contribution is -0.141. The topological polar surface area (TPSA) is 142 Å². The van der Waals surface area contributed by atoms with Crippen molar-refractivity contribution in [2.75, 3.05) is 5.43 Å². The van der Waals surface area contributed by atoms with Crippen LogP contribution in [0.3, 0.4) is 0 Å². The molecule has 1 aromatic rings. The van der Waals surface area contributed by atoms with Crippen LogP contribution in [0.15, 0.2) is 30.3 Å². The van der Waals surface area contributed by atoms with Crippen LogP contribution in [0.2, 0.25) is 0 Å². The average Bonchev–Trinajstić information content (AvgIpc) is 3.20. The highest BCUT2D eigenvalue weighted by atomic mass is 16.4. The van der Waals surface area contributed by atoms with Crippen LogP contribution in [0, 0.1) is 17.8 Å². The summed E-state index contributed by atoms with van der Waals surface area (Å²) in [6.45, 7) is 0. The quantitative estimate of drug-likeness (QED) is 0.444. The molecule has 6 N–H and O–H groups in total. The summed E-state index contributed by atoms with van der Waals surface area (Å²) >= 11 is 0. The SMILES string of the molecule is N[C@H](C(=O)O)[C@@H]1[C@@H](C(=O)O)[C@@H]1C(=O)NNc1ccccc1. The predicted octanol–water partition coefficient (Wildman–Crippen LogP) is -0.512. The number of carbonyl (C=O) groups excluding carboxylic acids is 1. The molecule has 0 heterocycles. The summed E-state index contributed by atoms with van der Waals surface area (Å²) in [6.07, 6.45) is 0. The van der Waals surface area contributed by atoms with E-state index in [1.807, 2.05) is 0 Å². The number of hydrazine groups is 1. The van der Waals surface area contributed by atoms with E-state index in [1.165, 1.54) is 0 Å². The van der Waals surface area contributed by atoms with Gasteiger partial charge in [0.2, 0.25) is 5.91 Å². The molecule has 0 unspecified atom stereocenters. The molecule has 112 valence electrons. The molecule has 0 aliphatic heterocycles. The number of amides is 1. The first-order valence-corrected chi connectivity index (χ1v) is 6.25. The Kier molecular flexibility index (Phi) is 4.08. The Morgan fingerprint density at radius 2 is 1.71 bits per heavy atom. The highest BCUT2D eigenvalue weighted by molar-refractivity contribution is 5.93. The molecule has 0 bridgehead atoms. The second kappa shape index (κ2) is 5.80. The first kappa shape index (κ1) is 14.8. The van der Waals surface area contributed by atoms with Gasteiger partial charge >= 0.3 is 11.9 Å². The molecule has 1 aromatic carbocycles. The van der Waals surface area contributed by atoms with E-state index in [1.54, 1.807) is 30.3 Å². The van der Waals surface area contributed by atoms with Gasteiger partial charge in [0.15, 0.2) is 0 Å². The van der Waals surface area contributed by atoms with E-state index in [4.69, 9.17) is 15.9 Å². The number of nitrogens with one attached hydrogen (secondary N) is 2. The van der Waals surface area contributed by atoms with Crippen molar-refractivity contribution in [2.45, 2.75) is 6.04 Å². The minimum atomic E-state index is -1.38. The maximum absolute atomic E-state index is 11.9. The number of aliphatic carboxylic acids is 2. The third-order valence-electron chi connectivity index (χ3n) is 3.47. The first-order valence-electron chi connectivity index (χ1n) is 6.25. The van der Waals surface area contributed by atoms with Crippen molar-refractivity contribution in [2.24, 2.45) is 23.5 Å². The molecular weight excluding hydrogens is 278 g/mol. The van der Waals surface area contributed by atoms with Crippen LogP contribution in [0.25, 0.3) is 0 Å². The van der Waals surface area contributed by atoms with Crippen molar-refractivity contribution in [1.29, 1.82) is 0 Å². The van der Waals surface area contributed by atoms with Crippen LogP contribution in [-0.4, -0.2) is 34.1 Å². The van der Waals surface area contributed by atoms with Gasteiger partial charge in [0.25, 0.3) is 0 Å². The lowest BCUT2D eigenvalue weighted by Gasteiger charge is -2.08. The van der Waals surface area contributed by atoms with Gasteiger partial charge in [0.1, 0.15) is 6.04 Å². The average molecular weight is 293 g/mol. The summed E-state index contributed by atoms with van der Waals surface area (Å²) < 4.78 is 0. The van der Waals surface area contributed by atoms with E-state index in [-0.39, 0.29) is 0 Å². The van der Waals surface area contributed by atoms with Crippen molar-refractivity contribution in [3.8, 4) is 0 Å². The Bertz CT molecular complexity index is 562. The van der Waals surface area contributed by atoms with E-state index in [0.29, 0.717) is 5.69 Å². The minimum absolute atomic E-state index is 0.590. The van der Waals surface area contributed by atoms with Gasteiger partial charge < -0.3 is 15.9 Å². The van der Waals surface area contributed by atoms with Gasteiger partial charge in [0.05, 0.1) is 17.5 Å². The fraction of sp³-hybridized carbons (Fsp3) is 0.308. The molecular formula is C13H15N3O5. The van der Waals surface area contributed by atoms with Crippen LogP contribution in [-0.2, 0) is 14.4 Å². The summed E-state index contributed by atoms with van der Waals surface area (Å²) in [6, 6.07) is 7.36. The normalized spacial score (nSPS) is 24.7. The van der Waals surface area contributed by atoms with E-state index >= 15 is 0 Å². The Morgan fingerprint density at radius 3 is 2.24 bits per heavy atom.